The lowest BCUT2D eigenvalue weighted by Crippen LogP contribution is -2.37. The van der Waals surface area contributed by atoms with E-state index in [-0.39, 0.29) is 18.4 Å². The summed E-state index contributed by atoms with van der Waals surface area (Å²) in [5, 5.41) is 3.66. The molecule has 0 heterocycles. The van der Waals surface area contributed by atoms with Crippen LogP contribution in [0.25, 0.3) is 0 Å². The molecular weight excluding hydrogens is 335 g/mol. The zero-order valence-corrected chi connectivity index (χ0v) is 14.1. The number of nitrogens with one attached hydrogen (secondary N) is 1. The zero-order valence-electron chi connectivity index (χ0n) is 12.6. The van der Waals surface area contributed by atoms with Crippen LogP contribution in [-0.4, -0.2) is 30.3 Å². The third-order valence-corrected chi connectivity index (χ3v) is 3.88. The van der Waals surface area contributed by atoms with Crippen LogP contribution in [0.4, 0.5) is 0 Å². The highest BCUT2D eigenvalue weighted by molar-refractivity contribution is 6.31. The van der Waals surface area contributed by atoms with E-state index in [0.717, 1.165) is 5.56 Å². The predicted molar refractivity (Wildman–Crippen MR) is 91.7 cm³/mol. The Balaban J connectivity index is 1.89. The summed E-state index contributed by atoms with van der Waals surface area (Å²) in [6.45, 7) is 0.290. The van der Waals surface area contributed by atoms with Gasteiger partial charge in [0.25, 0.3) is 5.91 Å². The molecule has 2 aromatic carbocycles. The van der Waals surface area contributed by atoms with Gasteiger partial charge in [-0.2, -0.15) is 0 Å². The van der Waals surface area contributed by atoms with E-state index < -0.39 is 0 Å². The molecule has 120 valence electrons. The Kier molecular flexibility index (Phi) is 6.02. The highest BCUT2D eigenvalue weighted by Gasteiger charge is 2.13. The number of carbonyl (C=O) groups excluding carboxylic acids is 2. The number of hydrogen-bond donors (Lipinski definition) is 1. The Morgan fingerprint density at radius 3 is 2.52 bits per heavy atom. The lowest BCUT2D eigenvalue weighted by atomic mass is 10.2. The van der Waals surface area contributed by atoms with Crippen molar-refractivity contribution in [1.82, 2.24) is 10.2 Å². The number of nitrogens with zero attached hydrogens (tertiary/aromatic N) is 1. The van der Waals surface area contributed by atoms with Gasteiger partial charge < -0.3 is 10.2 Å². The molecule has 2 aromatic rings. The van der Waals surface area contributed by atoms with Gasteiger partial charge in [-0.05, 0) is 29.8 Å². The van der Waals surface area contributed by atoms with Crippen molar-refractivity contribution < 1.29 is 9.59 Å². The van der Waals surface area contributed by atoms with E-state index in [0.29, 0.717) is 22.2 Å². The maximum atomic E-state index is 12.1. The summed E-state index contributed by atoms with van der Waals surface area (Å²) in [5.41, 5.74) is 1.27. The molecule has 1 N–H and O–H groups in total. The Labute approximate surface area is 145 Å². The first kappa shape index (κ1) is 17.3. The molecule has 0 bridgehead atoms. The molecule has 2 amide bonds. The van der Waals surface area contributed by atoms with Crippen molar-refractivity contribution >= 4 is 35.0 Å². The maximum absolute atomic E-state index is 12.1. The van der Waals surface area contributed by atoms with Gasteiger partial charge in [0.05, 0.1) is 6.54 Å². The fourth-order valence-corrected chi connectivity index (χ4v) is 2.38. The molecule has 0 unspecified atom stereocenters. The zero-order chi connectivity index (χ0) is 16.8. The average Bonchev–Trinajstić information content (AvgIpc) is 2.54. The average molecular weight is 351 g/mol. The smallest absolute Gasteiger partial charge is 0.251 e. The van der Waals surface area contributed by atoms with Gasteiger partial charge >= 0.3 is 0 Å². The SMILES string of the molecule is CN(Cc1ccccc1Cl)C(=O)CNC(=O)c1cccc(Cl)c1. The molecule has 0 spiro atoms. The molecule has 0 aliphatic carbocycles. The van der Waals surface area contributed by atoms with Gasteiger partial charge in [0.1, 0.15) is 0 Å². The lowest BCUT2D eigenvalue weighted by Gasteiger charge is -2.18. The van der Waals surface area contributed by atoms with Gasteiger partial charge in [0.2, 0.25) is 5.91 Å². The highest BCUT2D eigenvalue weighted by atomic mass is 35.5. The summed E-state index contributed by atoms with van der Waals surface area (Å²) in [5.74, 6) is -0.549. The van der Waals surface area contributed by atoms with E-state index in [1.165, 1.54) is 4.90 Å². The van der Waals surface area contributed by atoms with Crippen molar-refractivity contribution in [2.24, 2.45) is 0 Å². The van der Waals surface area contributed by atoms with Crippen molar-refractivity contribution in [2.75, 3.05) is 13.6 Å². The molecule has 23 heavy (non-hydrogen) atoms. The largest absolute Gasteiger partial charge is 0.343 e. The van der Waals surface area contributed by atoms with E-state index in [1.54, 1.807) is 37.4 Å². The second kappa shape index (κ2) is 7.99. The Bertz CT molecular complexity index is 719. The predicted octanol–water partition coefficient (Wildman–Crippen LogP) is 3.38. The fraction of sp³-hybridized carbons (Fsp3) is 0.176. The van der Waals surface area contributed by atoms with Crippen LogP contribution in [0, 0.1) is 0 Å². The number of amides is 2. The third kappa shape index (κ3) is 4.98. The molecular formula is C17H16Cl2N2O2. The highest BCUT2D eigenvalue weighted by Crippen LogP contribution is 2.16. The van der Waals surface area contributed by atoms with E-state index in [1.807, 2.05) is 18.2 Å². The van der Waals surface area contributed by atoms with Gasteiger partial charge in [0, 0.05) is 29.2 Å². The van der Waals surface area contributed by atoms with Crippen LogP contribution in [0.5, 0.6) is 0 Å². The summed E-state index contributed by atoms with van der Waals surface area (Å²) in [7, 11) is 1.66. The minimum Gasteiger partial charge on any atom is -0.343 e. The minimum atomic E-state index is -0.341. The topological polar surface area (TPSA) is 49.4 Å². The van der Waals surface area contributed by atoms with E-state index in [9.17, 15) is 9.59 Å². The first-order valence-electron chi connectivity index (χ1n) is 6.98. The normalized spacial score (nSPS) is 10.2. The minimum absolute atomic E-state index is 0.0910. The van der Waals surface area contributed by atoms with Crippen LogP contribution in [0.2, 0.25) is 10.0 Å². The fourth-order valence-electron chi connectivity index (χ4n) is 1.99. The molecule has 6 heteroatoms. The summed E-state index contributed by atoms with van der Waals surface area (Å²) >= 11 is 11.9. The maximum Gasteiger partial charge on any atom is 0.251 e. The van der Waals surface area contributed by atoms with Crippen molar-refractivity contribution in [1.29, 1.82) is 0 Å². The molecule has 0 saturated heterocycles. The van der Waals surface area contributed by atoms with Crippen LogP contribution in [-0.2, 0) is 11.3 Å². The monoisotopic (exact) mass is 350 g/mol. The summed E-state index contributed by atoms with van der Waals surface area (Å²) in [4.78, 5) is 25.6. The number of carbonyl (C=O) groups is 2. The standard InChI is InChI=1S/C17H16Cl2N2O2/c1-21(11-13-5-2-3-8-15(13)19)16(22)10-20-17(23)12-6-4-7-14(18)9-12/h2-9H,10-11H2,1H3,(H,20,23). The van der Waals surface area contributed by atoms with Gasteiger partial charge in [-0.15, -0.1) is 0 Å². The van der Waals surface area contributed by atoms with E-state index in [2.05, 4.69) is 5.32 Å². The van der Waals surface area contributed by atoms with Crippen LogP contribution in [0.1, 0.15) is 15.9 Å². The number of likely N-dealkylation sites (N-methyl/N-ethyl adjacent to an activating group) is 1. The second-order valence-corrected chi connectivity index (χ2v) is 5.88. The Morgan fingerprint density at radius 1 is 1.09 bits per heavy atom. The van der Waals surface area contributed by atoms with E-state index >= 15 is 0 Å². The molecule has 0 fully saturated rings. The molecule has 0 aliphatic heterocycles. The number of rotatable bonds is 5. The molecule has 4 nitrogen and oxygen atoms in total. The Morgan fingerprint density at radius 2 is 1.83 bits per heavy atom. The van der Waals surface area contributed by atoms with Crippen molar-refractivity contribution in [2.45, 2.75) is 6.54 Å². The first-order valence-corrected chi connectivity index (χ1v) is 7.74. The lowest BCUT2D eigenvalue weighted by molar-refractivity contribution is -0.129. The van der Waals surface area contributed by atoms with Gasteiger partial charge in [-0.1, -0.05) is 47.5 Å². The van der Waals surface area contributed by atoms with Crippen LogP contribution < -0.4 is 5.32 Å². The van der Waals surface area contributed by atoms with Gasteiger partial charge in [-0.25, -0.2) is 0 Å². The second-order valence-electron chi connectivity index (χ2n) is 5.03. The third-order valence-electron chi connectivity index (χ3n) is 3.28. The quantitative estimate of drug-likeness (QED) is 0.898. The summed E-state index contributed by atoms with van der Waals surface area (Å²) in [6.07, 6.45) is 0. The molecule has 2 rings (SSSR count). The number of halogens is 2. The summed E-state index contributed by atoms with van der Waals surface area (Å²) in [6, 6.07) is 13.9. The van der Waals surface area contributed by atoms with Gasteiger partial charge in [0.15, 0.2) is 0 Å². The van der Waals surface area contributed by atoms with Crippen LogP contribution in [0.15, 0.2) is 48.5 Å². The number of benzene rings is 2. The molecule has 0 aromatic heterocycles. The van der Waals surface area contributed by atoms with Crippen molar-refractivity contribution in [3.05, 3.63) is 69.7 Å². The van der Waals surface area contributed by atoms with Gasteiger partial charge in [-0.3, -0.25) is 9.59 Å². The molecule has 0 saturated carbocycles. The molecule has 0 atom stereocenters. The van der Waals surface area contributed by atoms with E-state index in [4.69, 9.17) is 23.2 Å². The Hall–Kier alpha value is -2.04. The van der Waals surface area contributed by atoms with Crippen LogP contribution in [0.3, 0.4) is 0 Å². The first-order chi connectivity index (χ1) is 11.0. The molecule has 0 radical (unpaired) electrons. The van der Waals surface area contributed by atoms with Crippen molar-refractivity contribution in [3.8, 4) is 0 Å². The number of hydrogen-bond acceptors (Lipinski definition) is 2. The summed E-state index contributed by atoms with van der Waals surface area (Å²) < 4.78 is 0. The molecule has 0 aliphatic rings. The van der Waals surface area contributed by atoms with Crippen LogP contribution >= 0.6 is 23.2 Å². The van der Waals surface area contributed by atoms with Crippen molar-refractivity contribution in [3.63, 3.8) is 0 Å².